The van der Waals surface area contributed by atoms with E-state index < -0.39 is 0 Å². The number of ether oxygens (including phenoxy) is 2. The number of hydrogen-bond acceptors (Lipinski definition) is 2. The second-order valence-electron chi connectivity index (χ2n) is 5.18. The van der Waals surface area contributed by atoms with Crippen molar-refractivity contribution in [3.63, 3.8) is 0 Å². The minimum Gasteiger partial charge on any atom is -0.497 e. The Morgan fingerprint density at radius 2 is 1.55 bits per heavy atom. The van der Waals surface area contributed by atoms with Crippen LogP contribution in [0.2, 0.25) is 0 Å². The van der Waals surface area contributed by atoms with Crippen molar-refractivity contribution in [2.45, 2.75) is 6.92 Å². The van der Waals surface area contributed by atoms with Crippen LogP contribution in [0.1, 0.15) is 5.56 Å². The lowest BCUT2D eigenvalue weighted by molar-refractivity contribution is 0.383. The van der Waals surface area contributed by atoms with Crippen molar-refractivity contribution in [2.75, 3.05) is 14.2 Å². The van der Waals surface area contributed by atoms with Crippen molar-refractivity contribution in [1.82, 2.24) is 0 Å². The van der Waals surface area contributed by atoms with Gasteiger partial charge in [0.25, 0.3) is 0 Å². The van der Waals surface area contributed by atoms with E-state index in [-0.39, 0.29) is 5.82 Å². The van der Waals surface area contributed by atoms with Crippen molar-refractivity contribution in [2.24, 2.45) is 0 Å². The van der Waals surface area contributed by atoms with E-state index in [2.05, 4.69) is 6.07 Å². The van der Waals surface area contributed by atoms with Gasteiger partial charge in [0.15, 0.2) is 11.6 Å². The number of halogens is 1. The average Bonchev–Trinajstić information content (AvgIpc) is 2.54. The molecule has 3 rings (SSSR count). The van der Waals surface area contributed by atoms with E-state index in [0.717, 1.165) is 33.2 Å². The number of benzene rings is 3. The molecule has 3 aromatic carbocycles. The lowest BCUT2D eigenvalue weighted by Gasteiger charge is -2.12. The van der Waals surface area contributed by atoms with Crippen molar-refractivity contribution >= 4 is 10.8 Å². The fourth-order valence-electron chi connectivity index (χ4n) is 2.74. The second kappa shape index (κ2) is 5.68. The monoisotopic (exact) mass is 296 g/mol. The summed E-state index contributed by atoms with van der Waals surface area (Å²) in [6.45, 7) is 1.87. The molecule has 3 heteroatoms. The summed E-state index contributed by atoms with van der Waals surface area (Å²) in [4.78, 5) is 0. The van der Waals surface area contributed by atoms with E-state index in [1.165, 1.54) is 13.2 Å². The molecular weight excluding hydrogens is 279 g/mol. The van der Waals surface area contributed by atoms with Crippen molar-refractivity contribution in [3.8, 4) is 22.6 Å². The predicted molar refractivity (Wildman–Crippen MR) is 87.2 cm³/mol. The summed E-state index contributed by atoms with van der Waals surface area (Å²) >= 11 is 0. The Bertz CT molecular complexity index is 840. The largest absolute Gasteiger partial charge is 0.497 e. The Balaban J connectivity index is 2.15. The highest BCUT2D eigenvalue weighted by molar-refractivity contribution is 5.89. The molecule has 2 nitrogen and oxygen atoms in total. The zero-order chi connectivity index (χ0) is 15.7. The van der Waals surface area contributed by atoms with E-state index >= 15 is 0 Å². The van der Waals surface area contributed by atoms with Crippen molar-refractivity contribution in [1.29, 1.82) is 0 Å². The van der Waals surface area contributed by atoms with E-state index in [1.54, 1.807) is 13.2 Å². The van der Waals surface area contributed by atoms with Crippen LogP contribution in [0, 0.1) is 12.7 Å². The molecule has 0 atom stereocenters. The third kappa shape index (κ3) is 2.39. The molecule has 112 valence electrons. The number of hydrogen-bond donors (Lipinski definition) is 0. The van der Waals surface area contributed by atoms with Gasteiger partial charge in [0.05, 0.1) is 14.2 Å². The van der Waals surface area contributed by atoms with E-state index in [0.29, 0.717) is 5.75 Å². The number of fused-ring (bicyclic) bond motifs is 1. The average molecular weight is 296 g/mol. The lowest BCUT2D eigenvalue weighted by atomic mass is 9.97. The zero-order valence-electron chi connectivity index (χ0n) is 12.8. The van der Waals surface area contributed by atoms with Gasteiger partial charge in [0, 0.05) is 5.56 Å². The highest BCUT2D eigenvalue weighted by Gasteiger charge is 2.12. The van der Waals surface area contributed by atoms with Crippen molar-refractivity contribution < 1.29 is 13.9 Å². The van der Waals surface area contributed by atoms with Crippen LogP contribution in [0.15, 0.2) is 48.5 Å². The number of rotatable bonds is 3. The third-order valence-corrected chi connectivity index (χ3v) is 3.92. The number of methoxy groups -OCH3 is 2. The standard InChI is InChI=1S/C19H17FO2/c1-12-17(8-9-18(20)19(12)22-3)15-5-4-14-11-16(21-2)7-6-13(14)10-15/h4-11H,1-3H3. The molecule has 0 aromatic heterocycles. The molecule has 0 radical (unpaired) electrons. The summed E-state index contributed by atoms with van der Waals surface area (Å²) in [5.74, 6) is 0.793. The Labute approximate surface area is 129 Å². The van der Waals surface area contributed by atoms with E-state index in [4.69, 9.17) is 9.47 Å². The van der Waals surface area contributed by atoms with Crippen LogP contribution in [0.4, 0.5) is 4.39 Å². The molecule has 0 bridgehead atoms. The van der Waals surface area contributed by atoms with Crippen LogP contribution in [-0.4, -0.2) is 14.2 Å². The van der Waals surface area contributed by atoms with Gasteiger partial charge in [-0.15, -0.1) is 0 Å². The first-order valence-electron chi connectivity index (χ1n) is 7.05. The van der Waals surface area contributed by atoms with Crippen LogP contribution in [0.5, 0.6) is 11.5 Å². The zero-order valence-corrected chi connectivity index (χ0v) is 12.8. The van der Waals surface area contributed by atoms with Gasteiger partial charge in [0.1, 0.15) is 5.75 Å². The summed E-state index contributed by atoms with van der Waals surface area (Å²) in [6, 6.07) is 15.4. The summed E-state index contributed by atoms with van der Waals surface area (Å²) in [6.07, 6.45) is 0. The molecule has 3 aromatic rings. The van der Waals surface area contributed by atoms with Gasteiger partial charge in [-0.1, -0.05) is 24.3 Å². The summed E-state index contributed by atoms with van der Waals surface area (Å²) < 4.78 is 24.1. The summed E-state index contributed by atoms with van der Waals surface area (Å²) in [5.41, 5.74) is 2.81. The van der Waals surface area contributed by atoms with Crippen LogP contribution in [-0.2, 0) is 0 Å². The fourth-order valence-corrected chi connectivity index (χ4v) is 2.74. The molecule has 0 spiro atoms. The molecule has 0 saturated carbocycles. The smallest absolute Gasteiger partial charge is 0.165 e. The van der Waals surface area contributed by atoms with Crippen molar-refractivity contribution in [3.05, 3.63) is 59.9 Å². The molecule has 0 fully saturated rings. The molecule has 0 N–H and O–H groups in total. The maximum Gasteiger partial charge on any atom is 0.165 e. The Hall–Kier alpha value is -2.55. The third-order valence-electron chi connectivity index (χ3n) is 3.92. The van der Waals surface area contributed by atoms with Gasteiger partial charge in [-0.3, -0.25) is 0 Å². The first kappa shape index (κ1) is 14.4. The maximum atomic E-state index is 13.7. The minimum absolute atomic E-state index is 0.298. The van der Waals surface area contributed by atoms with E-state index in [1.807, 2.05) is 37.3 Å². The molecule has 22 heavy (non-hydrogen) atoms. The molecular formula is C19H17FO2. The Morgan fingerprint density at radius 1 is 0.818 bits per heavy atom. The van der Waals surface area contributed by atoms with Crippen LogP contribution >= 0.6 is 0 Å². The van der Waals surface area contributed by atoms with Gasteiger partial charge in [-0.25, -0.2) is 4.39 Å². The van der Waals surface area contributed by atoms with Gasteiger partial charge in [0.2, 0.25) is 0 Å². The van der Waals surface area contributed by atoms with E-state index in [9.17, 15) is 4.39 Å². The highest BCUT2D eigenvalue weighted by Crippen LogP contribution is 2.34. The van der Waals surface area contributed by atoms with Crippen LogP contribution in [0.25, 0.3) is 21.9 Å². The van der Waals surface area contributed by atoms with Gasteiger partial charge in [-0.2, -0.15) is 0 Å². The minimum atomic E-state index is -0.339. The predicted octanol–water partition coefficient (Wildman–Crippen LogP) is 4.97. The Kier molecular flexibility index (Phi) is 3.72. The molecule has 0 aliphatic rings. The van der Waals surface area contributed by atoms with Gasteiger partial charge >= 0.3 is 0 Å². The van der Waals surface area contributed by atoms with Gasteiger partial charge in [-0.05, 0) is 53.1 Å². The quantitative estimate of drug-likeness (QED) is 0.679. The molecule has 0 heterocycles. The highest BCUT2D eigenvalue weighted by atomic mass is 19.1. The molecule has 0 aliphatic heterocycles. The van der Waals surface area contributed by atoms with Gasteiger partial charge < -0.3 is 9.47 Å². The first-order valence-corrected chi connectivity index (χ1v) is 7.05. The summed E-state index contributed by atoms with van der Waals surface area (Å²) in [5, 5.41) is 2.22. The first-order chi connectivity index (χ1) is 10.6. The lowest BCUT2D eigenvalue weighted by Crippen LogP contribution is -1.94. The molecule has 0 amide bonds. The Morgan fingerprint density at radius 3 is 2.27 bits per heavy atom. The summed E-state index contributed by atoms with van der Waals surface area (Å²) in [7, 11) is 3.14. The molecule has 0 aliphatic carbocycles. The normalized spacial score (nSPS) is 10.7. The maximum absolute atomic E-state index is 13.7. The SMILES string of the molecule is COc1ccc2cc(-c3ccc(F)c(OC)c3C)ccc2c1. The molecule has 0 saturated heterocycles. The molecule has 0 unspecified atom stereocenters. The fraction of sp³-hybridized carbons (Fsp3) is 0.158. The van der Waals surface area contributed by atoms with Crippen LogP contribution < -0.4 is 9.47 Å². The topological polar surface area (TPSA) is 18.5 Å². The van der Waals surface area contributed by atoms with Crippen LogP contribution in [0.3, 0.4) is 0 Å². The second-order valence-corrected chi connectivity index (χ2v) is 5.18.